The molecule has 18 heavy (non-hydrogen) atoms. The first-order valence-electron chi connectivity index (χ1n) is 6.43. The van der Waals surface area contributed by atoms with Crippen LogP contribution in [0.1, 0.15) is 31.5 Å². The summed E-state index contributed by atoms with van der Waals surface area (Å²) in [7, 11) is 2.02. The van der Waals surface area contributed by atoms with Crippen LogP contribution in [-0.4, -0.2) is 16.6 Å². The summed E-state index contributed by atoms with van der Waals surface area (Å²) >= 11 is 0. The van der Waals surface area contributed by atoms with E-state index in [-0.39, 0.29) is 0 Å². The molecule has 0 aliphatic heterocycles. The van der Waals surface area contributed by atoms with Gasteiger partial charge in [0.15, 0.2) is 0 Å². The van der Waals surface area contributed by atoms with Gasteiger partial charge in [-0.15, -0.1) is 0 Å². The van der Waals surface area contributed by atoms with Crippen LogP contribution in [0.2, 0.25) is 0 Å². The van der Waals surface area contributed by atoms with Gasteiger partial charge in [0.2, 0.25) is 0 Å². The van der Waals surface area contributed by atoms with Crippen molar-refractivity contribution in [3.05, 3.63) is 54.6 Å². The molecule has 2 rings (SSSR count). The first-order chi connectivity index (χ1) is 8.74. The summed E-state index contributed by atoms with van der Waals surface area (Å²) < 4.78 is 2.19. The molecule has 1 aromatic heterocycles. The van der Waals surface area contributed by atoms with Crippen LogP contribution in [-0.2, 0) is 0 Å². The molecular formula is C15H21N3. The summed E-state index contributed by atoms with van der Waals surface area (Å²) in [6, 6.07) is 11.2. The van der Waals surface area contributed by atoms with Crippen molar-refractivity contribution in [3.8, 4) is 0 Å². The summed E-state index contributed by atoms with van der Waals surface area (Å²) in [6.07, 6.45) is 5.78. The molecule has 3 nitrogen and oxygen atoms in total. The van der Waals surface area contributed by atoms with Gasteiger partial charge in [-0.2, -0.15) is 0 Å². The van der Waals surface area contributed by atoms with Crippen LogP contribution in [0.25, 0.3) is 0 Å². The summed E-state index contributed by atoms with van der Waals surface area (Å²) in [5.74, 6) is 0.525. The number of benzene rings is 1. The van der Waals surface area contributed by atoms with Crippen LogP contribution < -0.4 is 5.32 Å². The number of nitrogens with zero attached hydrogens (tertiary/aromatic N) is 2. The average molecular weight is 243 g/mol. The van der Waals surface area contributed by atoms with E-state index in [1.165, 1.54) is 5.56 Å². The molecule has 0 saturated carbocycles. The fourth-order valence-corrected chi connectivity index (χ4v) is 2.54. The number of hydrogen-bond donors (Lipinski definition) is 1. The van der Waals surface area contributed by atoms with Gasteiger partial charge in [0.05, 0.1) is 18.4 Å². The van der Waals surface area contributed by atoms with Crippen LogP contribution in [0.15, 0.2) is 49.1 Å². The molecule has 0 spiro atoms. The van der Waals surface area contributed by atoms with Crippen molar-refractivity contribution in [2.45, 2.75) is 25.9 Å². The molecule has 0 bridgehead atoms. The maximum atomic E-state index is 4.17. The van der Waals surface area contributed by atoms with Crippen molar-refractivity contribution >= 4 is 0 Å². The fourth-order valence-electron chi connectivity index (χ4n) is 2.54. The monoisotopic (exact) mass is 243 g/mol. The molecule has 0 aliphatic carbocycles. The molecule has 96 valence electrons. The zero-order valence-electron chi connectivity index (χ0n) is 11.2. The number of hydrogen-bond acceptors (Lipinski definition) is 2. The summed E-state index contributed by atoms with van der Waals surface area (Å²) in [6.45, 7) is 4.50. The second-order valence-corrected chi connectivity index (χ2v) is 4.92. The highest BCUT2D eigenvalue weighted by Crippen LogP contribution is 2.31. The van der Waals surface area contributed by atoms with Crippen LogP contribution in [0.4, 0.5) is 0 Å². The molecule has 2 atom stereocenters. The van der Waals surface area contributed by atoms with Crippen molar-refractivity contribution in [2.75, 3.05) is 7.05 Å². The third-order valence-corrected chi connectivity index (χ3v) is 3.36. The Bertz CT molecular complexity index is 448. The van der Waals surface area contributed by atoms with E-state index in [4.69, 9.17) is 0 Å². The minimum Gasteiger partial charge on any atom is -0.332 e. The molecular weight excluding hydrogens is 222 g/mol. The first-order valence-corrected chi connectivity index (χ1v) is 6.43. The Morgan fingerprint density at radius 1 is 1.17 bits per heavy atom. The molecule has 0 amide bonds. The highest BCUT2D eigenvalue weighted by Gasteiger charge is 2.25. The van der Waals surface area contributed by atoms with E-state index in [1.54, 1.807) is 0 Å². The average Bonchev–Trinajstić information content (AvgIpc) is 2.89. The van der Waals surface area contributed by atoms with Crippen molar-refractivity contribution < 1.29 is 0 Å². The molecule has 3 heteroatoms. The Labute approximate surface area is 109 Å². The number of aromatic nitrogens is 2. The fraction of sp³-hybridized carbons (Fsp3) is 0.400. The lowest BCUT2D eigenvalue weighted by Gasteiger charge is -2.31. The van der Waals surface area contributed by atoms with E-state index < -0.39 is 0 Å². The van der Waals surface area contributed by atoms with Gasteiger partial charge in [0, 0.05) is 12.4 Å². The van der Waals surface area contributed by atoms with Crippen LogP contribution in [0.3, 0.4) is 0 Å². The molecule has 0 aliphatic rings. The lowest BCUT2D eigenvalue weighted by molar-refractivity contribution is 0.289. The highest BCUT2D eigenvalue weighted by molar-refractivity contribution is 5.20. The molecule has 0 radical (unpaired) electrons. The lowest BCUT2D eigenvalue weighted by atomic mass is 9.91. The Balaban J connectivity index is 2.35. The largest absolute Gasteiger partial charge is 0.332 e. The zero-order valence-corrected chi connectivity index (χ0v) is 11.2. The number of imidazole rings is 1. The normalized spacial score (nSPS) is 14.7. The van der Waals surface area contributed by atoms with E-state index >= 15 is 0 Å². The Kier molecular flexibility index (Phi) is 4.15. The maximum Gasteiger partial charge on any atom is 0.0949 e. The topological polar surface area (TPSA) is 29.9 Å². The molecule has 0 fully saturated rings. The van der Waals surface area contributed by atoms with Gasteiger partial charge in [0.25, 0.3) is 0 Å². The SMILES string of the molecule is CNC(c1ccccc1)C(C(C)C)n1ccnc1. The summed E-state index contributed by atoms with van der Waals surface area (Å²) in [5.41, 5.74) is 1.31. The van der Waals surface area contributed by atoms with Gasteiger partial charge >= 0.3 is 0 Å². The zero-order chi connectivity index (χ0) is 13.0. The predicted molar refractivity (Wildman–Crippen MR) is 74.3 cm³/mol. The lowest BCUT2D eigenvalue weighted by Crippen LogP contribution is -2.30. The van der Waals surface area contributed by atoms with E-state index in [2.05, 4.69) is 59.0 Å². The van der Waals surface area contributed by atoms with Gasteiger partial charge in [-0.1, -0.05) is 44.2 Å². The van der Waals surface area contributed by atoms with Gasteiger partial charge in [0.1, 0.15) is 0 Å². The third kappa shape index (κ3) is 2.62. The Morgan fingerprint density at radius 2 is 1.89 bits per heavy atom. The molecule has 2 unspecified atom stereocenters. The van der Waals surface area contributed by atoms with E-state index in [0.717, 1.165) is 0 Å². The van der Waals surface area contributed by atoms with Gasteiger partial charge in [-0.3, -0.25) is 0 Å². The van der Waals surface area contributed by atoms with E-state index in [0.29, 0.717) is 18.0 Å². The van der Waals surface area contributed by atoms with Crippen LogP contribution >= 0.6 is 0 Å². The second kappa shape index (κ2) is 5.83. The smallest absolute Gasteiger partial charge is 0.0949 e. The minimum atomic E-state index is 0.292. The molecule has 1 aromatic carbocycles. The number of rotatable bonds is 5. The number of likely N-dealkylation sites (N-methyl/N-ethyl adjacent to an activating group) is 1. The van der Waals surface area contributed by atoms with Gasteiger partial charge in [-0.05, 0) is 18.5 Å². The van der Waals surface area contributed by atoms with Gasteiger partial charge < -0.3 is 9.88 Å². The Hall–Kier alpha value is -1.61. The Morgan fingerprint density at radius 3 is 2.39 bits per heavy atom. The molecule has 2 aromatic rings. The first kappa shape index (κ1) is 12.8. The molecule has 1 N–H and O–H groups in total. The number of nitrogens with one attached hydrogen (secondary N) is 1. The maximum absolute atomic E-state index is 4.17. The van der Waals surface area contributed by atoms with E-state index in [9.17, 15) is 0 Å². The highest BCUT2D eigenvalue weighted by atomic mass is 15.1. The second-order valence-electron chi connectivity index (χ2n) is 4.92. The molecule has 0 saturated heterocycles. The van der Waals surface area contributed by atoms with Crippen molar-refractivity contribution in [1.29, 1.82) is 0 Å². The predicted octanol–water partition coefficient (Wildman–Crippen LogP) is 3.04. The van der Waals surface area contributed by atoms with Crippen molar-refractivity contribution in [3.63, 3.8) is 0 Å². The standard InChI is InChI=1S/C15H21N3/c1-12(2)15(18-10-9-17-11-18)14(16-3)13-7-5-4-6-8-13/h4-12,14-16H,1-3H3. The van der Waals surface area contributed by atoms with Crippen molar-refractivity contribution in [1.82, 2.24) is 14.9 Å². The van der Waals surface area contributed by atoms with Crippen LogP contribution in [0, 0.1) is 5.92 Å². The van der Waals surface area contributed by atoms with Crippen LogP contribution in [0.5, 0.6) is 0 Å². The van der Waals surface area contributed by atoms with Gasteiger partial charge in [-0.25, -0.2) is 4.98 Å². The van der Waals surface area contributed by atoms with Crippen molar-refractivity contribution in [2.24, 2.45) is 5.92 Å². The third-order valence-electron chi connectivity index (χ3n) is 3.36. The van der Waals surface area contributed by atoms with E-state index in [1.807, 2.05) is 25.8 Å². The quantitative estimate of drug-likeness (QED) is 0.874. The minimum absolute atomic E-state index is 0.292. The summed E-state index contributed by atoms with van der Waals surface area (Å²) in [5, 5.41) is 3.44. The molecule has 1 heterocycles. The summed E-state index contributed by atoms with van der Waals surface area (Å²) in [4.78, 5) is 4.17.